The van der Waals surface area contributed by atoms with E-state index in [1.54, 1.807) is 42.7 Å². The lowest BCUT2D eigenvalue weighted by Crippen LogP contribution is -2.49. The van der Waals surface area contributed by atoms with Crippen LogP contribution in [0.4, 0.5) is 4.39 Å². The van der Waals surface area contributed by atoms with Crippen LogP contribution in [0.2, 0.25) is 0 Å². The van der Waals surface area contributed by atoms with Crippen molar-refractivity contribution in [2.24, 2.45) is 0 Å². The molecule has 0 saturated carbocycles. The van der Waals surface area contributed by atoms with Crippen LogP contribution in [0.25, 0.3) is 17.1 Å². The number of amides is 2. The molecule has 0 aliphatic rings. The second-order valence-electron chi connectivity index (χ2n) is 9.79. The van der Waals surface area contributed by atoms with Crippen LogP contribution in [0.15, 0.2) is 110 Å². The number of Topliss-reactive ketones (excluding diaryl/α,β-unsaturated/α-hetero) is 1. The van der Waals surface area contributed by atoms with Crippen molar-refractivity contribution < 1.29 is 18.8 Å². The molecule has 0 aliphatic carbocycles. The Hall–Kier alpha value is -5.51. The maximum absolute atomic E-state index is 13.6. The molecule has 3 heterocycles. The maximum Gasteiger partial charge on any atom is 0.289 e. The summed E-state index contributed by atoms with van der Waals surface area (Å²) >= 11 is 0. The fourth-order valence-corrected chi connectivity index (χ4v) is 4.53. The van der Waals surface area contributed by atoms with E-state index in [1.807, 2.05) is 48.5 Å². The van der Waals surface area contributed by atoms with E-state index in [-0.39, 0.29) is 30.2 Å². The first-order chi connectivity index (χ1) is 21.0. The van der Waals surface area contributed by atoms with Crippen LogP contribution in [0.1, 0.15) is 28.0 Å². The topological polar surface area (TPSA) is 119 Å². The number of nitrogens with one attached hydrogen (secondary N) is 2. The third-order valence-corrected chi connectivity index (χ3v) is 6.73. The Morgan fingerprint density at radius 2 is 1.60 bits per heavy atom. The lowest BCUT2D eigenvalue weighted by atomic mass is 10.0. The van der Waals surface area contributed by atoms with Gasteiger partial charge in [-0.1, -0.05) is 36.4 Å². The van der Waals surface area contributed by atoms with Crippen LogP contribution < -0.4 is 10.6 Å². The molecule has 9 nitrogen and oxygen atoms in total. The van der Waals surface area contributed by atoms with Crippen LogP contribution in [-0.4, -0.2) is 49.9 Å². The number of benzene rings is 2. The summed E-state index contributed by atoms with van der Waals surface area (Å²) in [5, 5.41) is 9.94. The summed E-state index contributed by atoms with van der Waals surface area (Å²) in [6.07, 6.45) is 6.25. The van der Waals surface area contributed by atoms with Crippen LogP contribution in [0, 0.1) is 5.82 Å². The smallest absolute Gasteiger partial charge is 0.289 e. The van der Waals surface area contributed by atoms with Crippen LogP contribution in [-0.2, 0) is 22.4 Å². The maximum atomic E-state index is 13.6. The molecule has 216 valence electrons. The molecule has 5 aromatic rings. The van der Waals surface area contributed by atoms with Crippen molar-refractivity contribution in [3.63, 3.8) is 0 Å². The van der Waals surface area contributed by atoms with E-state index in [1.165, 1.54) is 23.0 Å². The first kappa shape index (κ1) is 29.0. The third-order valence-electron chi connectivity index (χ3n) is 6.73. The fourth-order valence-electron chi connectivity index (χ4n) is 4.53. The number of aryl methyl sites for hydroxylation is 1. The number of ketones is 1. The number of hydrogen-bond acceptors (Lipinski definition) is 6. The van der Waals surface area contributed by atoms with Crippen molar-refractivity contribution in [2.45, 2.75) is 25.3 Å². The van der Waals surface area contributed by atoms with E-state index >= 15 is 0 Å². The quantitative estimate of drug-likeness (QED) is 0.170. The second-order valence-corrected chi connectivity index (χ2v) is 9.79. The zero-order valence-electron chi connectivity index (χ0n) is 23.2. The predicted molar refractivity (Wildman–Crippen MR) is 159 cm³/mol. The standard InChI is InChI=1S/C33H29FN6O3/c34-25-15-13-24(14-16-25)28-17-21-40(39-28)31-27(12-7-19-36-31)32(42)38-29(22-23-8-2-1-3-9-23)30(41)33(43)37-20-6-11-26-10-4-5-18-35-26/h1-5,7-10,12-19,21,29H,6,11,20,22H2,(H,37,43)(H,38,42)/t29-/m0/s1. The lowest BCUT2D eigenvalue weighted by Gasteiger charge is -2.18. The Kier molecular flexibility index (Phi) is 9.38. The van der Waals surface area contributed by atoms with E-state index < -0.39 is 23.6 Å². The summed E-state index contributed by atoms with van der Waals surface area (Å²) in [4.78, 5) is 48.4. The number of halogens is 1. The zero-order chi connectivity index (χ0) is 30.0. The largest absolute Gasteiger partial charge is 0.349 e. The molecule has 0 aliphatic heterocycles. The Morgan fingerprint density at radius 1 is 0.837 bits per heavy atom. The number of carbonyl (C=O) groups is 3. The van der Waals surface area contributed by atoms with Crippen molar-refractivity contribution in [3.8, 4) is 17.1 Å². The SMILES string of the molecule is O=C(NCCCc1ccccn1)C(=O)[C@H](Cc1ccccc1)NC(=O)c1cccnc1-n1ccc(-c2ccc(F)cc2)n1. The molecule has 5 rings (SSSR count). The molecule has 0 unspecified atom stereocenters. The van der Waals surface area contributed by atoms with Gasteiger partial charge >= 0.3 is 0 Å². The highest BCUT2D eigenvalue weighted by atomic mass is 19.1. The number of aromatic nitrogens is 4. The number of carbonyl (C=O) groups excluding carboxylic acids is 3. The highest BCUT2D eigenvalue weighted by molar-refractivity contribution is 6.38. The summed E-state index contributed by atoms with van der Waals surface area (Å²) < 4.78 is 14.8. The summed E-state index contributed by atoms with van der Waals surface area (Å²) in [5.74, 6) is -2.23. The van der Waals surface area contributed by atoms with Crippen molar-refractivity contribution >= 4 is 17.6 Å². The van der Waals surface area contributed by atoms with Gasteiger partial charge in [0.05, 0.1) is 11.3 Å². The molecule has 0 radical (unpaired) electrons. The van der Waals surface area contributed by atoms with Gasteiger partial charge in [-0.25, -0.2) is 14.1 Å². The molecule has 43 heavy (non-hydrogen) atoms. The average Bonchev–Trinajstić information content (AvgIpc) is 3.54. The minimum absolute atomic E-state index is 0.124. The first-order valence-corrected chi connectivity index (χ1v) is 13.8. The fraction of sp³-hybridized carbons (Fsp3) is 0.152. The normalized spacial score (nSPS) is 11.5. The molecule has 2 N–H and O–H groups in total. The molecule has 0 bridgehead atoms. The molecule has 0 saturated heterocycles. The molecule has 3 aromatic heterocycles. The number of hydrogen-bond donors (Lipinski definition) is 2. The summed E-state index contributed by atoms with van der Waals surface area (Å²) in [5.41, 5.74) is 3.10. The summed E-state index contributed by atoms with van der Waals surface area (Å²) in [6.45, 7) is 0.287. The highest BCUT2D eigenvalue weighted by Gasteiger charge is 2.28. The Morgan fingerprint density at radius 3 is 2.37 bits per heavy atom. The monoisotopic (exact) mass is 576 g/mol. The summed E-state index contributed by atoms with van der Waals surface area (Å²) in [6, 6.07) is 24.5. The van der Waals surface area contributed by atoms with Gasteiger partial charge in [0.2, 0.25) is 5.78 Å². The van der Waals surface area contributed by atoms with Gasteiger partial charge in [0.1, 0.15) is 11.9 Å². The van der Waals surface area contributed by atoms with Gasteiger partial charge < -0.3 is 10.6 Å². The number of rotatable bonds is 12. The van der Waals surface area contributed by atoms with Gasteiger partial charge in [-0.15, -0.1) is 0 Å². The average molecular weight is 577 g/mol. The first-order valence-electron chi connectivity index (χ1n) is 13.8. The van der Waals surface area contributed by atoms with E-state index in [0.717, 1.165) is 11.3 Å². The number of pyridine rings is 2. The van der Waals surface area contributed by atoms with Crippen molar-refractivity contribution in [1.82, 2.24) is 30.4 Å². The van der Waals surface area contributed by atoms with Gasteiger partial charge in [-0.3, -0.25) is 19.4 Å². The molecule has 10 heteroatoms. The van der Waals surface area contributed by atoms with Crippen LogP contribution in [0.3, 0.4) is 0 Å². The van der Waals surface area contributed by atoms with Crippen molar-refractivity contribution in [3.05, 3.63) is 132 Å². The van der Waals surface area contributed by atoms with Crippen molar-refractivity contribution in [1.29, 1.82) is 0 Å². The second kappa shape index (κ2) is 13.9. The molecule has 0 spiro atoms. The molecule has 2 amide bonds. The van der Waals surface area contributed by atoms with Gasteiger partial charge in [0.25, 0.3) is 11.8 Å². The lowest BCUT2D eigenvalue weighted by molar-refractivity contribution is -0.138. The van der Waals surface area contributed by atoms with Crippen molar-refractivity contribution in [2.75, 3.05) is 6.54 Å². The van der Waals surface area contributed by atoms with Gasteiger partial charge in [-0.05, 0) is 73.0 Å². The number of nitrogens with zero attached hydrogens (tertiary/aromatic N) is 4. The van der Waals surface area contributed by atoms with Gasteiger partial charge in [0.15, 0.2) is 5.82 Å². The molecule has 0 fully saturated rings. The third kappa shape index (κ3) is 7.62. The van der Waals surface area contributed by atoms with E-state index in [0.29, 0.717) is 24.1 Å². The molecular formula is C33H29FN6O3. The van der Waals surface area contributed by atoms with Gasteiger partial charge in [0, 0.05) is 42.8 Å². The Labute approximate surface area is 247 Å². The molecule has 1 atom stereocenters. The van der Waals surface area contributed by atoms with E-state index in [9.17, 15) is 18.8 Å². The summed E-state index contributed by atoms with van der Waals surface area (Å²) in [7, 11) is 0. The highest BCUT2D eigenvalue weighted by Crippen LogP contribution is 2.20. The van der Waals surface area contributed by atoms with E-state index in [4.69, 9.17) is 0 Å². The van der Waals surface area contributed by atoms with Crippen LogP contribution in [0.5, 0.6) is 0 Å². The predicted octanol–water partition coefficient (Wildman–Crippen LogP) is 4.13. The Bertz CT molecular complexity index is 1690. The van der Waals surface area contributed by atoms with E-state index in [2.05, 4.69) is 25.7 Å². The Balaban J connectivity index is 1.31. The van der Waals surface area contributed by atoms with Gasteiger partial charge in [-0.2, -0.15) is 5.10 Å². The van der Waals surface area contributed by atoms with Crippen LogP contribution >= 0.6 is 0 Å². The minimum Gasteiger partial charge on any atom is -0.349 e. The zero-order valence-corrected chi connectivity index (χ0v) is 23.2. The minimum atomic E-state index is -1.12. The molecular weight excluding hydrogens is 547 g/mol. The molecule has 2 aromatic carbocycles.